The lowest BCUT2D eigenvalue weighted by molar-refractivity contribution is -0.385. The minimum Gasteiger partial charge on any atom is -0.497 e. The number of nitrogens with one attached hydrogen (secondary N) is 1. The zero-order valence-electron chi connectivity index (χ0n) is 10.8. The molecule has 0 saturated carbocycles. The molecule has 0 aromatic heterocycles. The topological polar surface area (TPSA) is 64.4 Å². The summed E-state index contributed by atoms with van der Waals surface area (Å²) < 4.78 is 5.62. The van der Waals surface area contributed by atoms with Crippen LogP contribution in [0.5, 0.6) is 5.75 Å². The molecule has 0 bridgehead atoms. The fraction of sp³-hybridized carbons (Fsp3) is 0.143. The van der Waals surface area contributed by atoms with E-state index in [1.807, 2.05) is 30.3 Å². The van der Waals surface area contributed by atoms with Gasteiger partial charge in [-0.05, 0) is 39.7 Å². The van der Waals surface area contributed by atoms with Crippen LogP contribution < -0.4 is 10.1 Å². The first-order chi connectivity index (χ1) is 9.60. The molecule has 0 radical (unpaired) electrons. The molecule has 0 aliphatic heterocycles. The number of hydrogen-bond acceptors (Lipinski definition) is 4. The summed E-state index contributed by atoms with van der Waals surface area (Å²) in [6.07, 6.45) is 0. The quantitative estimate of drug-likeness (QED) is 0.662. The van der Waals surface area contributed by atoms with Crippen LogP contribution in [0.4, 0.5) is 11.4 Å². The van der Waals surface area contributed by atoms with E-state index in [2.05, 4.69) is 21.2 Å². The SMILES string of the molecule is COc1cccc(NCc2ccc(Br)c([N+](=O)[O-])c2)c1. The molecule has 0 aliphatic carbocycles. The summed E-state index contributed by atoms with van der Waals surface area (Å²) in [5, 5.41) is 14.1. The van der Waals surface area contributed by atoms with Gasteiger partial charge in [0.1, 0.15) is 5.75 Å². The minimum absolute atomic E-state index is 0.0648. The molecule has 104 valence electrons. The number of nitro groups is 1. The minimum atomic E-state index is -0.404. The van der Waals surface area contributed by atoms with E-state index in [0.29, 0.717) is 11.0 Å². The number of nitrogens with zero attached hydrogens (tertiary/aromatic N) is 1. The van der Waals surface area contributed by atoms with Crippen molar-refractivity contribution in [1.29, 1.82) is 0 Å². The van der Waals surface area contributed by atoms with Crippen molar-refractivity contribution in [3.63, 3.8) is 0 Å². The van der Waals surface area contributed by atoms with Crippen LogP contribution in [0, 0.1) is 10.1 Å². The molecule has 0 aliphatic rings. The summed E-state index contributed by atoms with van der Waals surface area (Å²) in [6, 6.07) is 12.6. The van der Waals surface area contributed by atoms with Gasteiger partial charge in [0.15, 0.2) is 0 Å². The summed E-state index contributed by atoms with van der Waals surface area (Å²) in [4.78, 5) is 10.5. The average molecular weight is 337 g/mol. The lowest BCUT2D eigenvalue weighted by Crippen LogP contribution is -2.00. The summed E-state index contributed by atoms with van der Waals surface area (Å²) >= 11 is 3.17. The van der Waals surface area contributed by atoms with Crippen molar-refractivity contribution in [2.75, 3.05) is 12.4 Å². The van der Waals surface area contributed by atoms with Gasteiger partial charge in [-0.3, -0.25) is 10.1 Å². The van der Waals surface area contributed by atoms with Gasteiger partial charge in [0, 0.05) is 24.4 Å². The Labute approximate surface area is 124 Å². The Morgan fingerprint density at radius 2 is 2.10 bits per heavy atom. The second-order valence-corrected chi connectivity index (χ2v) is 4.98. The van der Waals surface area contributed by atoms with E-state index in [0.717, 1.165) is 17.0 Å². The first-order valence-electron chi connectivity index (χ1n) is 5.91. The molecule has 2 aromatic rings. The molecule has 0 atom stereocenters. The second-order valence-electron chi connectivity index (χ2n) is 4.13. The van der Waals surface area contributed by atoms with Gasteiger partial charge in [-0.15, -0.1) is 0 Å². The lowest BCUT2D eigenvalue weighted by Gasteiger charge is -2.08. The molecule has 5 nitrogen and oxygen atoms in total. The number of hydrogen-bond donors (Lipinski definition) is 1. The average Bonchev–Trinajstić information content (AvgIpc) is 2.46. The van der Waals surface area contributed by atoms with Crippen LogP contribution >= 0.6 is 15.9 Å². The van der Waals surface area contributed by atoms with Crippen LogP contribution in [0.3, 0.4) is 0 Å². The molecule has 6 heteroatoms. The smallest absolute Gasteiger partial charge is 0.283 e. The Kier molecular flexibility index (Phi) is 4.57. The first-order valence-corrected chi connectivity index (χ1v) is 6.70. The van der Waals surface area contributed by atoms with Crippen LogP contribution in [0.1, 0.15) is 5.56 Å². The van der Waals surface area contributed by atoms with E-state index < -0.39 is 4.92 Å². The van der Waals surface area contributed by atoms with E-state index in [1.54, 1.807) is 19.2 Å². The third-order valence-electron chi connectivity index (χ3n) is 2.77. The molecule has 0 amide bonds. The van der Waals surface area contributed by atoms with Crippen LogP contribution in [0.15, 0.2) is 46.9 Å². The second kappa shape index (κ2) is 6.38. The molecular formula is C14H13BrN2O3. The van der Waals surface area contributed by atoms with E-state index in [9.17, 15) is 10.1 Å². The highest BCUT2D eigenvalue weighted by Gasteiger charge is 2.12. The Bertz CT molecular complexity index is 632. The Hall–Kier alpha value is -2.08. The van der Waals surface area contributed by atoms with Gasteiger partial charge >= 0.3 is 0 Å². The standard InChI is InChI=1S/C14H13BrN2O3/c1-20-12-4-2-3-11(8-12)16-9-10-5-6-13(15)14(7-10)17(18)19/h2-8,16H,9H2,1H3. The molecule has 1 N–H and O–H groups in total. The molecule has 20 heavy (non-hydrogen) atoms. The number of methoxy groups -OCH3 is 1. The maximum Gasteiger partial charge on any atom is 0.283 e. The van der Waals surface area contributed by atoms with Crippen LogP contribution in [-0.2, 0) is 6.54 Å². The molecule has 0 heterocycles. The lowest BCUT2D eigenvalue weighted by atomic mass is 10.2. The molecule has 2 rings (SSSR count). The number of rotatable bonds is 5. The molecule has 0 spiro atoms. The monoisotopic (exact) mass is 336 g/mol. The van der Waals surface area contributed by atoms with Gasteiger partial charge in [0.25, 0.3) is 5.69 Å². The Balaban J connectivity index is 2.10. The van der Waals surface area contributed by atoms with Crippen molar-refractivity contribution >= 4 is 27.3 Å². The van der Waals surface area contributed by atoms with Gasteiger partial charge in [-0.2, -0.15) is 0 Å². The van der Waals surface area contributed by atoms with Crippen molar-refractivity contribution in [2.24, 2.45) is 0 Å². The van der Waals surface area contributed by atoms with Crippen molar-refractivity contribution in [3.05, 3.63) is 62.6 Å². The number of nitro benzene ring substituents is 1. The van der Waals surface area contributed by atoms with Gasteiger partial charge in [-0.1, -0.05) is 12.1 Å². The summed E-state index contributed by atoms with van der Waals surface area (Å²) in [7, 11) is 1.61. The fourth-order valence-electron chi connectivity index (χ4n) is 1.75. The third kappa shape index (κ3) is 3.48. The highest BCUT2D eigenvalue weighted by molar-refractivity contribution is 9.10. The van der Waals surface area contributed by atoms with Crippen LogP contribution in [0.25, 0.3) is 0 Å². The molecule has 0 saturated heterocycles. The predicted octanol–water partition coefficient (Wildman–Crippen LogP) is 3.98. The fourth-order valence-corrected chi connectivity index (χ4v) is 2.14. The van der Waals surface area contributed by atoms with E-state index >= 15 is 0 Å². The van der Waals surface area contributed by atoms with Gasteiger partial charge < -0.3 is 10.1 Å². The van der Waals surface area contributed by atoms with Gasteiger partial charge in [0.2, 0.25) is 0 Å². The van der Waals surface area contributed by atoms with E-state index in [-0.39, 0.29) is 5.69 Å². The largest absolute Gasteiger partial charge is 0.497 e. The first kappa shape index (κ1) is 14.3. The molecule has 0 unspecified atom stereocenters. The maximum absolute atomic E-state index is 10.9. The number of benzene rings is 2. The normalized spacial score (nSPS) is 10.1. The number of ether oxygens (including phenoxy) is 1. The molecule has 2 aromatic carbocycles. The van der Waals surface area contributed by atoms with Gasteiger partial charge in [-0.25, -0.2) is 0 Å². The van der Waals surface area contributed by atoms with Crippen LogP contribution in [0.2, 0.25) is 0 Å². The maximum atomic E-state index is 10.9. The summed E-state index contributed by atoms with van der Waals surface area (Å²) in [5.74, 6) is 0.761. The van der Waals surface area contributed by atoms with Crippen molar-refractivity contribution in [1.82, 2.24) is 0 Å². The zero-order valence-corrected chi connectivity index (χ0v) is 12.4. The number of halogens is 1. The van der Waals surface area contributed by atoms with Crippen molar-refractivity contribution in [2.45, 2.75) is 6.54 Å². The third-order valence-corrected chi connectivity index (χ3v) is 3.44. The van der Waals surface area contributed by atoms with Crippen molar-refractivity contribution in [3.8, 4) is 5.75 Å². The predicted molar refractivity (Wildman–Crippen MR) is 81.1 cm³/mol. The summed E-state index contributed by atoms with van der Waals surface area (Å²) in [5.41, 5.74) is 1.80. The van der Waals surface area contributed by atoms with E-state index in [4.69, 9.17) is 4.74 Å². The molecule has 0 fully saturated rings. The summed E-state index contributed by atoms with van der Waals surface area (Å²) in [6.45, 7) is 0.501. The van der Waals surface area contributed by atoms with Crippen molar-refractivity contribution < 1.29 is 9.66 Å². The highest BCUT2D eigenvalue weighted by atomic mass is 79.9. The van der Waals surface area contributed by atoms with Crippen LogP contribution in [-0.4, -0.2) is 12.0 Å². The van der Waals surface area contributed by atoms with Gasteiger partial charge in [0.05, 0.1) is 16.5 Å². The Morgan fingerprint density at radius 1 is 1.30 bits per heavy atom. The number of anilines is 1. The van der Waals surface area contributed by atoms with E-state index in [1.165, 1.54) is 0 Å². The highest BCUT2D eigenvalue weighted by Crippen LogP contribution is 2.26. The Morgan fingerprint density at radius 3 is 2.80 bits per heavy atom. The zero-order chi connectivity index (χ0) is 14.5. The molecular weight excluding hydrogens is 324 g/mol.